The van der Waals surface area contributed by atoms with Crippen molar-refractivity contribution in [3.63, 3.8) is 0 Å². The summed E-state index contributed by atoms with van der Waals surface area (Å²) < 4.78 is 0. The Balaban J connectivity index is 2.82. The first-order chi connectivity index (χ1) is 5.61. The first-order valence-electron chi connectivity index (χ1n) is 4.30. The minimum atomic E-state index is -0.834. The fourth-order valence-corrected chi connectivity index (χ4v) is 1.84. The summed E-state index contributed by atoms with van der Waals surface area (Å²) in [4.78, 5) is 21.5. The maximum Gasteiger partial charge on any atom is 0.310 e. The maximum atomic E-state index is 10.9. The molecule has 0 aromatic rings. The van der Waals surface area contributed by atoms with Crippen LogP contribution in [-0.2, 0) is 9.59 Å². The van der Waals surface area contributed by atoms with Crippen molar-refractivity contribution >= 4 is 12.3 Å². The second kappa shape index (κ2) is 3.25. The van der Waals surface area contributed by atoms with Crippen molar-refractivity contribution in [1.82, 2.24) is 0 Å². The molecule has 12 heavy (non-hydrogen) atoms. The van der Waals surface area contributed by atoms with E-state index in [0.29, 0.717) is 6.42 Å². The van der Waals surface area contributed by atoms with Crippen molar-refractivity contribution in [3.8, 4) is 0 Å². The fraction of sp³-hybridized carbons (Fsp3) is 0.778. The topological polar surface area (TPSA) is 54.4 Å². The van der Waals surface area contributed by atoms with Crippen molar-refractivity contribution < 1.29 is 14.7 Å². The number of carbonyl (C=O) groups is 2. The number of hydrogen-bond acceptors (Lipinski definition) is 2. The molecule has 0 heterocycles. The lowest BCUT2D eigenvalue weighted by Crippen LogP contribution is -2.39. The van der Waals surface area contributed by atoms with Gasteiger partial charge in [-0.25, -0.2) is 0 Å². The van der Waals surface area contributed by atoms with Crippen LogP contribution in [0, 0.1) is 11.3 Å². The highest BCUT2D eigenvalue weighted by Gasteiger charge is 2.42. The number of carboxylic acids is 1. The van der Waals surface area contributed by atoms with Gasteiger partial charge in [0.25, 0.3) is 0 Å². The van der Waals surface area contributed by atoms with Crippen LogP contribution < -0.4 is 0 Å². The largest absolute Gasteiger partial charge is 0.481 e. The van der Waals surface area contributed by atoms with E-state index in [1.165, 1.54) is 0 Å². The third kappa shape index (κ3) is 1.36. The van der Waals surface area contributed by atoms with Gasteiger partial charge in [0.2, 0.25) is 0 Å². The van der Waals surface area contributed by atoms with Crippen molar-refractivity contribution in [2.45, 2.75) is 32.6 Å². The molecule has 0 aromatic carbocycles. The first-order valence-corrected chi connectivity index (χ1v) is 4.30. The molecule has 1 aliphatic carbocycles. The Kier molecular flexibility index (Phi) is 2.50. The standard InChI is InChI=1S/C9H14O3/c1-9(8(11)12)5-3-2-4-7(9)6-10/h6-7H,2-5H2,1H3,(H,11,12). The van der Waals surface area contributed by atoms with Gasteiger partial charge >= 0.3 is 5.97 Å². The second-order valence-electron chi connectivity index (χ2n) is 3.71. The molecule has 0 radical (unpaired) electrons. The van der Waals surface area contributed by atoms with Crippen molar-refractivity contribution in [2.75, 3.05) is 0 Å². The Labute approximate surface area is 71.8 Å². The van der Waals surface area contributed by atoms with Crippen LogP contribution in [0.25, 0.3) is 0 Å². The summed E-state index contributed by atoms with van der Waals surface area (Å²) in [6, 6.07) is 0. The summed E-state index contributed by atoms with van der Waals surface area (Å²) in [5.41, 5.74) is -0.806. The number of carboxylic acid groups (broad SMARTS) is 1. The van der Waals surface area contributed by atoms with Gasteiger partial charge in [-0.3, -0.25) is 4.79 Å². The summed E-state index contributed by atoms with van der Waals surface area (Å²) >= 11 is 0. The van der Waals surface area contributed by atoms with Gasteiger partial charge in [0.15, 0.2) is 0 Å². The molecule has 68 valence electrons. The van der Waals surface area contributed by atoms with Crippen LogP contribution in [0.1, 0.15) is 32.6 Å². The number of aliphatic carboxylic acids is 1. The van der Waals surface area contributed by atoms with Gasteiger partial charge in [0, 0.05) is 5.92 Å². The van der Waals surface area contributed by atoms with Crippen LogP contribution in [-0.4, -0.2) is 17.4 Å². The molecule has 3 heteroatoms. The molecule has 2 unspecified atom stereocenters. The molecule has 2 atom stereocenters. The quantitative estimate of drug-likeness (QED) is 0.638. The number of aldehydes is 1. The van der Waals surface area contributed by atoms with E-state index in [1.807, 2.05) is 0 Å². The molecule has 3 nitrogen and oxygen atoms in total. The Bertz CT molecular complexity index is 200. The van der Waals surface area contributed by atoms with E-state index in [0.717, 1.165) is 25.5 Å². The van der Waals surface area contributed by atoms with E-state index >= 15 is 0 Å². The average Bonchev–Trinajstić information content (AvgIpc) is 2.05. The Morgan fingerprint density at radius 1 is 1.58 bits per heavy atom. The maximum absolute atomic E-state index is 10.9. The summed E-state index contributed by atoms with van der Waals surface area (Å²) in [6.45, 7) is 1.67. The van der Waals surface area contributed by atoms with Gasteiger partial charge < -0.3 is 9.90 Å². The van der Waals surface area contributed by atoms with Gasteiger partial charge in [0.1, 0.15) is 6.29 Å². The van der Waals surface area contributed by atoms with E-state index in [9.17, 15) is 9.59 Å². The Morgan fingerprint density at radius 3 is 2.67 bits per heavy atom. The Hall–Kier alpha value is -0.860. The average molecular weight is 170 g/mol. The van der Waals surface area contributed by atoms with E-state index in [1.54, 1.807) is 6.92 Å². The lowest BCUT2D eigenvalue weighted by molar-refractivity contribution is -0.155. The predicted octanol–water partition coefficient (Wildman–Crippen LogP) is 1.47. The summed E-state index contributed by atoms with van der Waals surface area (Å²) in [5.74, 6) is -1.12. The first kappa shape index (κ1) is 9.23. The Morgan fingerprint density at radius 2 is 2.25 bits per heavy atom. The van der Waals surface area contributed by atoms with E-state index in [2.05, 4.69) is 0 Å². The molecule has 1 aliphatic rings. The zero-order valence-electron chi connectivity index (χ0n) is 7.25. The lowest BCUT2D eigenvalue weighted by atomic mass is 9.68. The highest BCUT2D eigenvalue weighted by atomic mass is 16.4. The van der Waals surface area contributed by atoms with Gasteiger partial charge in [-0.1, -0.05) is 12.8 Å². The van der Waals surface area contributed by atoms with Gasteiger partial charge in [-0.05, 0) is 19.8 Å². The minimum Gasteiger partial charge on any atom is -0.481 e. The highest BCUT2D eigenvalue weighted by Crippen LogP contribution is 2.39. The van der Waals surface area contributed by atoms with Crippen LogP contribution in [0.4, 0.5) is 0 Å². The van der Waals surface area contributed by atoms with Gasteiger partial charge in [-0.15, -0.1) is 0 Å². The molecule has 1 fully saturated rings. The monoisotopic (exact) mass is 170 g/mol. The van der Waals surface area contributed by atoms with Crippen LogP contribution in [0.5, 0.6) is 0 Å². The van der Waals surface area contributed by atoms with Crippen molar-refractivity contribution in [2.24, 2.45) is 11.3 Å². The number of hydrogen-bond donors (Lipinski definition) is 1. The van der Waals surface area contributed by atoms with Gasteiger partial charge in [-0.2, -0.15) is 0 Å². The zero-order valence-corrected chi connectivity index (χ0v) is 7.25. The molecule has 0 spiro atoms. The van der Waals surface area contributed by atoms with Crippen LogP contribution in [0.15, 0.2) is 0 Å². The van der Waals surface area contributed by atoms with Crippen LogP contribution in [0.3, 0.4) is 0 Å². The highest BCUT2D eigenvalue weighted by molar-refractivity contribution is 5.79. The summed E-state index contributed by atoms with van der Waals surface area (Å²) in [7, 11) is 0. The second-order valence-corrected chi connectivity index (χ2v) is 3.71. The molecule has 0 aromatic heterocycles. The van der Waals surface area contributed by atoms with E-state index in [4.69, 9.17) is 5.11 Å². The normalized spacial score (nSPS) is 35.9. The lowest BCUT2D eigenvalue weighted by Gasteiger charge is -2.34. The molecule has 1 rings (SSSR count). The molecule has 0 amide bonds. The predicted molar refractivity (Wildman–Crippen MR) is 43.8 cm³/mol. The molecule has 0 aliphatic heterocycles. The molecule has 0 bridgehead atoms. The minimum absolute atomic E-state index is 0.288. The smallest absolute Gasteiger partial charge is 0.310 e. The van der Waals surface area contributed by atoms with Crippen LogP contribution >= 0.6 is 0 Å². The summed E-state index contributed by atoms with van der Waals surface area (Å²) in [6.07, 6.45) is 4.06. The molecule has 1 N–H and O–H groups in total. The summed E-state index contributed by atoms with van der Waals surface area (Å²) in [5, 5.41) is 8.94. The van der Waals surface area contributed by atoms with Crippen molar-refractivity contribution in [3.05, 3.63) is 0 Å². The third-order valence-corrected chi connectivity index (χ3v) is 2.93. The van der Waals surface area contributed by atoms with Gasteiger partial charge in [0.05, 0.1) is 5.41 Å². The molecule has 0 saturated heterocycles. The molecular formula is C9H14O3. The molecular weight excluding hydrogens is 156 g/mol. The number of carbonyl (C=O) groups excluding carboxylic acids is 1. The molecule has 1 saturated carbocycles. The number of rotatable bonds is 2. The SMILES string of the molecule is CC1(C(=O)O)CCCCC1C=O. The zero-order chi connectivity index (χ0) is 9.19. The van der Waals surface area contributed by atoms with E-state index < -0.39 is 11.4 Å². The van der Waals surface area contributed by atoms with E-state index in [-0.39, 0.29) is 5.92 Å². The van der Waals surface area contributed by atoms with Crippen LogP contribution in [0.2, 0.25) is 0 Å². The third-order valence-electron chi connectivity index (χ3n) is 2.93. The fourth-order valence-electron chi connectivity index (χ4n) is 1.84. The van der Waals surface area contributed by atoms with Crippen molar-refractivity contribution in [1.29, 1.82) is 0 Å².